The van der Waals surface area contributed by atoms with Gasteiger partial charge in [-0.1, -0.05) is 6.07 Å². The molecule has 0 radical (unpaired) electrons. The zero-order valence-electron chi connectivity index (χ0n) is 9.96. The van der Waals surface area contributed by atoms with Gasteiger partial charge in [-0.2, -0.15) is 0 Å². The lowest BCUT2D eigenvalue weighted by atomic mass is 10.1. The lowest BCUT2D eigenvalue weighted by Crippen LogP contribution is -2.26. The van der Waals surface area contributed by atoms with Gasteiger partial charge in [-0.05, 0) is 17.7 Å². The Kier molecular flexibility index (Phi) is 5.63. The minimum absolute atomic E-state index is 0.0575. The van der Waals surface area contributed by atoms with Gasteiger partial charge < -0.3 is 14.8 Å². The van der Waals surface area contributed by atoms with Gasteiger partial charge in [0.1, 0.15) is 0 Å². The maximum Gasteiger partial charge on any atom is 0.224 e. The minimum atomic E-state index is -0.0575. The molecule has 0 atom stereocenters. The number of hydrogen-bond acceptors (Lipinski definition) is 3. The first-order valence-corrected chi connectivity index (χ1v) is 5.78. The highest BCUT2D eigenvalue weighted by Gasteiger charge is 2.07. The average molecular weight is 258 g/mol. The number of carbonyl (C=O) groups is 1. The predicted octanol–water partition coefficient (Wildman–Crippen LogP) is 1.60. The van der Waals surface area contributed by atoms with Gasteiger partial charge in [-0.3, -0.25) is 4.79 Å². The van der Waals surface area contributed by atoms with E-state index in [1.807, 2.05) is 6.07 Å². The molecule has 0 saturated heterocycles. The van der Waals surface area contributed by atoms with Gasteiger partial charge in [0.05, 0.1) is 20.6 Å². The summed E-state index contributed by atoms with van der Waals surface area (Å²) in [5.74, 6) is 1.63. The Morgan fingerprint density at radius 1 is 1.29 bits per heavy atom. The first-order chi connectivity index (χ1) is 8.21. The molecule has 0 aromatic heterocycles. The summed E-state index contributed by atoms with van der Waals surface area (Å²) < 4.78 is 10.3. The fourth-order valence-corrected chi connectivity index (χ4v) is 1.52. The van der Waals surface area contributed by atoms with E-state index in [1.165, 1.54) is 0 Å². The summed E-state index contributed by atoms with van der Waals surface area (Å²) in [6.45, 7) is 0.480. The molecule has 0 aliphatic rings. The second kappa shape index (κ2) is 7.01. The molecule has 0 spiro atoms. The average Bonchev–Trinajstić information content (AvgIpc) is 2.36. The quantitative estimate of drug-likeness (QED) is 0.788. The van der Waals surface area contributed by atoms with Crippen molar-refractivity contribution in [1.82, 2.24) is 5.32 Å². The van der Waals surface area contributed by atoms with Gasteiger partial charge in [0.25, 0.3) is 0 Å². The van der Waals surface area contributed by atoms with E-state index in [0.717, 1.165) is 5.56 Å². The SMILES string of the molecule is COc1ccc(CC(=O)NCCCl)cc1OC. The van der Waals surface area contributed by atoms with Crippen molar-refractivity contribution in [2.24, 2.45) is 0 Å². The van der Waals surface area contributed by atoms with Crippen LogP contribution in [0.5, 0.6) is 11.5 Å². The summed E-state index contributed by atoms with van der Waals surface area (Å²) in [5.41, 5.74) is 0.870. The van der Waals surface area contributed by atoms with E-state index in [-0.39, 0.29) is 5.91 Å². The number of alkyl halides is 1. The van der Waals surface area contributed by atoms with Gasteiger partial charge in [0, 0.05) is 12.4 Å². The lowest BCUT2D eigenvalue weighted by molar-refractivity contribution is -0.120. The summed E-state index contributed by atoms with van der Waals surface area (Å²) in [5, 5.41) is 2.70. The fraction of sp³-hybridized carbons (Fsp3) is 0.417. The number of carbonyl (C=O) groups excluding carboxylic acids is 1. The van der Waals surface area contributed by atoms with Gasteiger partial charge in [-0.25, -0.2) is 0 Å². The van der Waals surface area contributed by atoms with Crippen LogP contribution in [0.15, 0.2) is 18.2 Å². The van der Waals surface area contributed by atoms with E-state index < -0.39 is 0 Å². The second-order valence-corrected chi connectivity index (χ2v) is 3.78. The number of benzene rings is 1. The van der Waals surface area contributed by atoms with Crippen LogP contribution in [0.2, 0.25) is 0 Å². The fourth-order valence-electron chi connectivity index (χ4n) is 1.43. The third-order valence-electron chi connectivity index (χ3n) is 2.23. The minimum Gasteiger partial charge on any atom is -0.493 e. The first kappa shape index (κ1) is 13.6. The zero-order chi connectivity index (χ0) is 12.7. The van der Waals surface area contributed by atoms with E-state index in [9.17, 15) is 4.79 Å². The van der Waals surface area contributed by atoms with Crippen molar-refractivity contribution < 1.29 is 14.3 Å². The van der Waals surface area contributed by atoms with Crippen LogP contribution < -0.4 is 14.8 Å². The maximum absolute atomic E-state index is 11.5. The summed E-state index contributed by atoms with van der Waals surface area (Å²) >= 11 is 5.48. The highest BCUT2D eigenvalue weighted by molar-refractivity contribution is 6.18. The Labute approximate surface area is 106 Å². The Morgan fingerprint density at radius 3 is 2.59 bits per heavy atom. The number of hydrogen-bond donors (Lipinski definition) is 1. The molecule has 0 saturated carbocycles. The van der Waals surface area contributed by atoms with Gasteiger partial charge in [-0.15, -0.1) is 11.6 Å². The molecule has 1 N–H and O–H groups in total. The predicted molar refractivity (Wildman–Crippen MR) is 67.0 cm³/mol. The number of rotatable bonds is 6. The molecule has 1 amide bonds. The Balaban J connectivity index is 2.68. The van der Waals surface area contributed by atoms with Crippen LogP contribution in [0.25, 0.3) is 0 Å². The molecule has 4 nitrogen and oxygen atoms in total. The van der Waals surface area contributed by atoms with Crippen LogP contribution in [0, 0.1) is 0 Å². The van der Waals surface area contributed by atoms with Crippen LogP contribution in [0.3, 0.4) is 0 Å². The van der Waals surface area contributed by atoms with E-state index >= 15 is 0 Å². The van der Waals surface area contributed by atoms with Crippen molar-refractivity contribution in [3.63, 3.8) is 0 Å². The molecule has 1 aromatic rings. The van der Waals surface area contributed by atoms with Gasteiger partial charge in [0.15, 0.2) is 11.5 Å². The van der Waals surface area contributed by atoms with Crippen molar-refractivity contribution in [2.45, 2.75) is 6.42 Å². The molecule has 94 valence electrons. The van der Waals surface area contributed by atoms with Gasteiger partial charge >= 0.3 is 0 Å². The molecular weight excluding hydrogens is 242 g/mol. The molecule has 0 heterocycles. The third-order valence-corrected chi connectivity index (χ3v) is 2.42. The lowest BCUT2D eigenvalue weighted by Gasteiger charge is -2.09. The molecule has 5 heteroatoms. The Morgan fingerprint density at radius 2 is 2.00 bits per heavy atom. The Bertz CT molecular complexity index is 382. The summed E-state index contributed by atoms with van der Waals surface area (Å²) in [7, 11) is 3.14. The first-order valence-electron chi connectivity index (χ1n) is 5.24. The van der Waals surface area contributed by atoms with Crippen LogP contribution >= 0.6 is 11.6 Å². The van der Waals surface area contributed by atoms with Crippen molar-refractivity contribution in [1.29, 1.82) is 0 Å². The standard InChI is InChI=1S/C12H16ClNO3/c1-16-10-4-3-9(7-11(10)17-2)8-12(15)14-6-5-13/h3-4,7H,5-6,8H2,1-2H3,(H,14,15). The molecule has 1 aromatic carbocycles. The third kappa shape index (κ3) is 4.15. The van der Waals surface area contributed by atoms with E-state index in [2.05, 4.69) is 5.32 Å². The van der Waals surface area contributed by atoms with Gasteiger partial charge in [0.2, 0.25) is 5.91 Å². The maximum atomic E-state index is 11.5. The van der Waals surface area contributed by atoms with Crippen molar-refractivity contribution in [3.05, 3.63) is 23.8 Å². The smallest absolute Gasteiger partial charge is 0.224 e. The van der Waals surface area contributed by atoms with E-state index in [4.69, 9.17) is 21.1 Å². The highest BCUT2D eigenvalue weighted by atomic mass is 35.5. The number of halogens is 1. The zero-order valence-corrected chi connectivity index (χ0v) is 10.7. The second-order valence-electron chi connectivity index (χ2n) is 3.41. The molecular formula is C12H16ClNO3. The molecule has 0 unspecified atom stereocenters. The number of amides is 1. The number of methoxy groups -OCH3 is 2. The number of nitrogens with one attached hydrogen (secondary N) is 1. The topological polar surface area (TPSA) is 47.6 Å². The molecule has 0 fully saturated rings. The van der Waals surface area contributed by atoms with Crippen LogP contribution in [0.4, 0.5) is 0 Å². The van der Waals surface area contributed by atoms with E-state index in [0.29, 0.717) is 30.3 Å². The summed E-state index contributed by atoms with van der Waals surface area (Å²) in [6.07, 6.45) is 0.303. The molecule has 0 aliphatic carbocycles. The Hall–Kier alpha value is -1.42. The van der Waals surface area contributed by atoms with Crippen molar-refractivity contribution in [3.8, 4) is 11.5 Å². The highest BCUT2D eigenvalue weighted by Crippen LogP contribution is 2.27. The normalized spacial score (nSPS) is 9.82. The molecule has 0 aliphatic heterocycles. The summed E-state index contributed by atoms with van der Waals surface area (Å²) in [4.78, 5) is 11.5. The van der Waals surface area contributed by atoms with Crippen molar-refractivity contribution >= 4 is 17.5 Å². The van der Waals surface area contributed by atoms with Crippen LogP contribution in [-0.4, -0.2) is 32.6 Å². The summed E-state index contributed by atoms with van der Waals surface area (Å²) in [6, 6.07) is 5.41. The van der Waals surface area contributed by atoms with Crippen molar-refractivity contribution in [2.75, 3.05) is 26.6 Å². The van der Waals surface area contributed by atoms with Crippen LogP contribution in [0.1, 0.15) is 5.56 Å². The largest absolute Gasteiger partial charge is 0.493 e. The van der Waals surface area contributed by atoms with Crippen LogP contribution in [-0.2, 0) is 11.2 Å². The monoisotopic (exact) mass is 257 g/mol. The number of ether oxygens (including phenoxy) is 2. The molecule has 1 rings (SSSR count). The molecule has 17 heavy (non-hydrogen) atoms. The van der Waals surface area contributed by atoms with E-state index in [1.54, 1.807) is 26.4 Å². The molecule has 0 bridgehead atoms.